The fraction of sp³-hybridized carbons (Fsp3) is 0.333. The Balaban J connectivity index is 0.00000102. The molecule has 0 saturated heterocycles. The number of anilines is 1. The van der Waals surface area contributed by atoms with E-state index in [0.717, 1.165) is 16.8 Å². The third-order valence-corrected chi connectivity index (χ3v) is 2.58. The highest BCUT2D eigenvalue weighted by atomic mass is 16.5. The molecule has 4 nitrogen and oxygen atoms in total. The maximum Gasteiger partial charge on any atom is 0.337 e. The highest BCUT2D eigenvalue weighted by Crippen LogP contribution is 2.22. The fourth-order valence-corrected chi connectivity index (χ4v) is 1.67. The van der Waals surface area contributed by atoms with E-state index < -0.39 is 5.97 Å². The Morgan fingerprint density at radius 2 is 1.73 bits per heavy atom. The van der Waals surface area contributed by atoms with Gasteiger partial charge < -0.3 is 10.5 Å². The fourth-order valence-electron chi connectivity index (χ4n) is 1.67. The molecule has 4 heteroatoms. The predicted molar refractivity (Wildman–Crippen MR) is 92.9 cm³/mol. The zero-order valence-electron chi connectivity index (χ0n) is 14.3. The molecular weight excluding hydrogens is 276 g/mol. The van der Waals surface area contributed by atoms with Gasteiger partial charge in [-0.25, -0.2) is 4.79 Å². The van der Waals surface area contributed by atoms with Gasteiger partial charge in [-0.05, 0) is 36.8 Å². The van der Waals surface area contributed by atoms with Crippen molar-refractivity contribution in [2.24, 2.45) is 0 Å². The Labute approximate surface area is 133 Å². The van der Waals surface area contributed by atoms with Crippen LogP contribution in [0.1, 0.15) is 43.6 Å². The average molecular weight is 302 g/mol. The van der Waals surface area contributed by atoms with E-state index in [0.29, 0.717) is 11.3 Å². The number of ether oxygens (including phenoxy) is 1. The minimum Gasteiger partial charge on any atom is -0.465 e. The summed E-state index contributed by atoms with van der Waals surface area (Å²) in [4.78, 5) is 15.8. The number of esters is 1. The summed E-state index contributed by atoms with van der Waals surface area (Å²) in [5.74, 6) is -0.407. The lowest BCUT2D eigenvalue weighted by Gasteiger charge is -2.06. The Morgan fingerprint density at radius 3 is 2.23 bits per heavy atom. The third kappa shape index (κ3) is 5.56. The summed E-state index contributed by atoms with van der Waals surface area (Å²) in [7, 11) is 1.34. The van der Waals surface area contributed by atoms with Crippen molar-refractivity contribution >= 4 is 11.7 Å². The van der Waals surface area contributed by atoms with E-state index in [2.05, 4.69) is 9.72 Å². The molecule has 0 saturated carbocycles. The molecule has 0 aliphatic carbocycles. The van der Waals surface area contributed by atoms with Crippen molar-refractivity contribution in [3.05, 3.63) is 47.7 Å². The van der Waals surface area contributed by atoms with Gasteiger partial charge in [-0.3, -0.25) is 4.98 Å². The van der Waals surface area contributed by atoms with Crippen molar-refractivity contribution in [1.82, 2.24) is 4.98 Å². The SMILES string of the molecule is CC.CC.COC(=O)c1cc(N)cc(-c2ccc(C)cn2)c1. The molecule has 0 aliphatic rings. The van der Waals surface area contributed by atoms with E-state index in [-0.39, 0.29) is 0 Å². The third-order valence-electron chi connectivity index (χ3n) is 2.58. The summed E-state index contributed by atoms with van der Waals surface area (Å²) in [6.07, 6.45) is 1.77. The van der Waals surface area contributed by atoms with Gasteiger partial charge in [0, 0.05) is 17.4 Å². The number of benzene rings is 1. The van der Waals surface area contributed by atoms with E-state index in [1.807, 2.05) is 46.8 Å². The van der Waals surface area contributed by atoms with Crippen LogP contribution >= 0.6 is 0 Å². The molecule has 120 valence electrons. The summed E-state index contributed by atoms with van der Waals surface area (Å²) in [6.45, 7) is 9.97. The normalized spacial score (nSPS) is 8.82. The van der Waals surface area contributed by atoms with Crippen LogP contribution in [-0.4, -0.2) is 18.1 Å². The van der Waals surface area contributed by atoms with Gasteiger partial charge in [0.15, 0.2) is 0 Å². The summed E-state index contributed by atoms with van der Waals surface area (Å²) >= 11 is 0. The number of nitrogens with zero attached hydrogens (tertiary/aromatic N) is 1. The van der Waals surface area contributed by atoms with Crippen molar-refractivity contribution in [2.45, 2.75) is 34.6 Å². The first kappa shape index (κ1) is 19.6. The first-order valence-corrected chi connectivity index (χ1v) is 7.52. The second kappa shape index (κ2) is 10.4. The van der Waals surface area contributed by atoms with Gasteiger partial charge in [-0.15, -0.1) is 0 Å². The molecule has 1 heterocycles. The van der Waals surface area contributed by atoms with Crippen LogP contribution in [0.3, 0.4) is 0 Å². The van der Waals surface area contributed by atoms with Crippen LogP contribution < -0.4 is 5.73 Å². The summed E-state index contributed by atoms with van der Waals surface area (Å²) in [6, 6.07) is 8.95. The van der Waals surface area contributed by atoms with Crippen LogP contribution in [-0.2, 0) is 4.74 Å². The highest BCUT2D eigenvalue weighted by molar-refractivity contribution is 5.92. The quantitative estimate of drug-likeness (QED) is 0.656. The second-order valence-corrected chi connectivity index (χ2v) is 4.06. The molecule has 0 bridgehead atoms. The standard InChI is InChI=1S/C14H14N2O2.2C2H6/c1-9-3-4-13(16-8-9)10-5-11(14(17)18-2)7-12(15)6-10;2*1-2/h3-8H,15H2,1-2H3;2*1-2H3. The molecule has 0 fully saturated rings. The molecule has 0 radical (unpaired) electrons. The number of nitrogen functional groups attached to an aromatic ring is 1. The minimum atomic E-state index is -0.407. The molecule has 0 amide bonds. The van der Waals surface area contributed by atoms with Gasteiger partial charge in [-0.1, -0.05) is 33.8 Å². The number of hydrogen-bond donors (Lipinski definition) is 1. The number of carbonyl (C=O) groups is 1. The Bertz CT molecular complexity index is 578. The number of aromatic nitrogens is 1. The average Bonchev–Trinajstić information content (AvgIpc) is 2.58. The molecule has 22 heavy (non-hydrogen) atoms. The maximum atomic E-state index is 11.5. The summed E-state index contributed by atoms with van der Waals surface area (Å²) in [5, 5.41) is 0. The Hall–Kier alpha value is -2.36. The van der Waals surface area contributed by atoms with Crippen molar-refractivity contribution in [1.29, 1.82) is 0 Å². The first-order valence-electron chi connectivity index (χ1n) is 7.52. The maximum absolute atomic E-state index is 11.5. The van der Waals surface area contributed by atoms with Crippen LogP contribution in [0.2, 0.25) is 0 Å². The van der Waals surface area contributed by atoms with Gasteiger partial charge in [0.05, 0.1) is 18.4 Å². The van der Waals surface area contributed by atoms with E-state index in [9.17, 15) is 4.79 Å². The molecule has 2 aromatic rings. The second-order valence-electron chi connectivity index (χ2n) is 4.06. The molecule has 1 aromatic heterocycles. The largest absolute Gasteiger partial charge is 0.465 e. The topological polar surface area (TPSA) is 65.2 Å². The van der Waals surface area contributed by atoms with Gasteiger partial charge in [0.25, 0.3) is 0 Å². The number of hydrogen-bond acceptors (Lipinski definition) is 4. The van der Waals surface area contributed by atoms with Crippen molar-refractivity contribution in [3.8, 4) is 11.3 Å². The van der Waals surface area contributed by atoms with E-state index in [1.54, 1.807) is 24.4 Å². The van der Waals surface area contributed by atoms with Crippen molar-refractivity contribution in [3.63, 3.8) is 0 Å². The minimum absolute atomic E-state index is 0.407. The molecule has 0 atom stereocenters. The highest BCUT2D eigenvalue weighted by Gasteiger charge is 2.09. The lowest BCUT2D eigenvalue weighted by atomic mass is 10.1. The summed E-state index contributed by atoms with van der Waals surface area (Å²) in [5.41, 5.74) is 9.38. The molecule has 0 spiro atoms. The van der Waals surface area contributed by atoms with Gasteiger partial charge in [0.1, 0.15) is 0 Å². The molecule has 0 unspecified atom stereocenters. The van der Waals surface area contributed by atoms with Crippen molar-refractivity contribution < 1.29 is 9.53 Å². The molecule has 1 aromatic carbocycles. The summed E-state index contributed by atoms with van der Waals surface area (Å²) < 4.78 is 4.69. The van der Waals surface area contributed by atoms with Crippen LogP contribution in [0.4, 0.5) is 5.69 Å². The van der Waals surface area contributed by atoms with Crippen LogP contribution in [0, 0.1) is 6.92 Å². The number of pyridine rings is 1. The van der Waals surface area contributed by atoms with E-state index >= 15 is 0 Å². The van der Waals surface area contributed by atoms with Gasteiger partial charge >= 0.3 is 5.97 Å². The first-order chi connectivity index (χ1) is 10.6. The lowest BCUT2D eigenvalue weighted by Crippen LogP contribution is -2.02. The molecule has 2 rings (SSSR count). The Kier molecular flexibility index (Phi) is 9.27. The van der Waals surface area contributed by atoms with Crippen molar-refractivity contribution in [2.75, 3.05) is 12.8 Å². The monoisotopic (exact) mass is 302 g/mol. The lowest BCUT2D eigenvalue weighted by molar-refractivity contribution is 0.0601. The van der Waals surface area contributed by atoms with Gasteiger partial charge in [0.2, 0.25) is 0 Å². The molecule has 0 aliphatic heterocycles. The number of methoxy groups -OCH3 is 1. The van der Waals surface area contributed by atoms with Crippen LogP contribution in [0.25, 0.3) is 11.3 Å². The number of aryl methyl sites for hydroxylation is 1. The van der Waals surface area contributed by atoms with Crippen LogP contribution in [0.15, 0.2) is 36.5 Å². The zero-order valence-corrected chi connectivity index (χ0v) is 14.3. The van der Waals surface area contributed by atoms with E-state index in [1.165, 1.54) is 7.11 Å². The molecule has 2 N–H and O–H groups in total. The van der Waals surface area contributed by atoms with Gasteiger partial charge in [-0.2, -0.15) is 0 Å². The Morgan fingerprint density at radius 1 is 1.09 bits per heavy atom. The van der Waals surface area contributed by atoms with Crippen LogP contribution in [0.5, 0.6) is 0 Å². The number of nitrogens with two attached hydrogens (primary N) is 1. The van der Waals surface area contributed by atoms with E-state index in [4.69, 9.17) is 5.73 Å². The predicted octanol–water partition coefficient (Wildman–Crippen LogP) is 4.48. The number of rotatable bonds is 2. The number of carbonyl (C=O) groups excluding carboxylic acids is 1. The molecular formula is C18H26N2O2. The zero-order chi connectivity index (χ0) is 17.1. The smallest absolute Gasteiger partial charge is 0.337 e.